The smallest absolute Gasteiger partial charge is 0.319 e. The monoisotopic (exact) mass is 349 g/mol. The second-order valence-electron chi connectivity index (χ2n) is 5.48. The minimum absolute atomic E-state index is 0.0852. The van der Waals surface area contributed by atoms with E-state index < -0.39 is 6.03 Å². The Balaban J connectivity index is 1.83. The lowest BCUT2D eigenvalue weighted by Gasteiger charge is -2.09. The fourth-order valence-electron chi connectivity index (χ4n) is 2.02. The fraction of sp³-hybridized carbons (Fsp3) is 0.312. The van der Waals surface area contributed by atoms with E-state index in [4.69, 9.17) is 11.6 Å². The highest BCUT2D eigenvalue weighted by atomic mass is 35.5. The van der Waals surface area contributed by atoms with Crippen LogP contribution in [0.4, 0.5) is 10.5 Å². The molecule has 0 unspecified atom stereocenters. The molecule has 0 bridgehead atoms. The van der Waals surface area contributed by atoms with Gasteiger partial charge in [0, 0.05) is 19.0 Å². The third kappa shape index (κ3) is 5.27. The van der Waals surface area contributed by atoms with Crippen LogP contribution in [0.3, 0.4) is 0 Å². The maximum absolute atomic E-state index is 11.8. The highest BCUT2D eigenvalue weighted by molar-refractivity contribution is 6.32. The van der Waals surface area contributed by atoms with Crippen LogP contribution in [0.1, 0.15) is 20.3 Å². The van der Waals surface area contributed by atoms with Crippen LogP contribution in [0.2, 0.25) is 5.02 Å². The Labute approximate surface area is 145 Å². The SMILES string of the molecule is CC(C)NC(=O)CCNC(=O)Nc1cnn(-c2ccccc2Cl)c1. The number of para-hydroxylation sites is 1. The normalized spacial score (nSPS) is 10.5. The van der Waals surface area contributed by atoms with E-state index in [1.54, 1.807) is 16.9 Å². The molecule has 3 amide bonds. The van der Waals surface area contributed by atoms with E-state index in [0.717, 1.165) is 5.69 Å². The van der Waals surface area contributed by atoms with Crippen molar-refractivity contribution in [2.45, 2.75) is 26.3 Å². The van der Waals surface area contributed by atoms with E-state index >= 15 is 0 Å². The number of carbonyl (C=O) groups excluding carboxylic acids is 2. The van der Waals surface area contributed by atoms with Crippen LogP contribution < -0.4 is 16.0 Å². The van der Waals surface area contributed by atoms with Crippen LogP contribution in [0, 0.1) is 0 Å². The molecule has 7 nitrogen and oxygen atoms in total. The van der Waals surface area contributed by atoms with Crippen LogP contribution in [-0.4, -0.2) is 34.3 Å². The van der Waals surface area contributed by atoms with Gasteiger partial charge in [-0.1, -0.05) is 23.7 Å². The average Bonchev–Trinajstić information content (AvgIpc) is 2.95. The number of rotatable bonds is 6. The van der Waals surface area contributed by atoms with Crippen molar-refractivity contribution in [2.24, 2.45) is 0 Å². The molecule has 0 radical (unpaired) electrons. The topological polar surface area (TPSA) is 88.1 Å². The summed E-state index contributed by atoms with van der Waals surface area (Å²) in [5.74, 6) is -0.100. The van der Waals surface area contributed by atoms with Gasteiger partial charge in [0.05, 0.1) is 28.8 Å². The van der Waals surface area contributed by atoms with E-state index in [0.29, 0.717) is 10.7 Å². The second kappa shape index (κ2) is 8.35. The largest absolute Gasteiger partial charge is 0.354 e. The summed E-state index contributed by atoms with van der Waals surface area (Å²) in [6.07, 6.45) is 3.41. The third-order valence-electron chi connectivity index (χ3n) is 3.03. The zero-order chi connectivity index (χ0) is 17.5. The van der Waals surface area contributed by atoms with E-state index in [2.05, 4.69) is 21.0 Å². The molecule has 2 rings (SSSR count). The fourth-order valence-corrected chi connectivity index (χ4v) is 2.24. The van der Waals surface area contributed by atoms with Gasteiger partial charge in [0.1, 0.15) is 0 Å². The molecule has 0 saturated carbocycles. The predicted octanol–water partition coefficient (Wildman–Crippen LogP) is 2.56. The van der Waals surface area contributed by atoms with E-state index in [1.165, 1.54) is 6.20 Å². The first-order valence-electron chi connectivity index (χ1n) is 7.59. The first-order valence-corrected chi connectivity index (χ1v) is 7.97. The number of hydrogen-bond donors (Lipinski definition) is 3. The number of aromatic nitrogens is 2. The molecule has 8 heteroatoms. The van der Waals surface area contributed by atoms with Crippen LogP contribution in [0.25, 0.3) is 5.69 Å². The van der Waals surface area contributed by atoms with Crippen molar-refractivity contribution in [3.05, 3.63) is 41.7 Å². The number of urea groups is 1. The number of carbonyl (C=O) groups is 2. The number of halogens is 1. The third-order valence-corrected chi connectivity index (χ3v) is 3.35. The standard InChI is InChI=1S/C16H20ClN5O2/c1-11(2)20-15(23)7-8-18-16(24)21-12-9-19-22(10-12)14-6-4-3-5-13(14)17/h3-6,9-11H,7-8H2,1-2H3,(H,20,23)(H2,18,21,24). The molecule has 0 aliphatic heterocycles. The summed E-state index contributed by atoms with van der Waals surface area (Å²) in [4.78, 5) is 23.3. The van der Waals surface area contributed by atoms with Gasteiger partial charge in [0.2, 0.25) is 5.91 Å². The number of benzene rings is 1. The van der Waals surface area contributed by atoms with Gasteiger partial charge < -0.3 is 16.0 Å². The van der Waals surface area contributed by atoms with Gasteiger partial charge in [0.25, 0.3) is 0 Å². The summed E-state index contributed by atoms with van der Waals surface area (Å²) in [5, 5.41) is 12.8. The maximum Gasteiger partial charge on any atom is 0.319 e. The Hall–Kier alpha value is -2.54. The van der Waals surface area contributed by atoms with Gasteiger partial charge in [-0.15, -0.1) is 0 Å². The number of anilines is 1. The van der Waals surface area contributed by atoms with Crippen molar-refractivity contribution in [1.29, 1.82) is 0 Å². The molecular formula is C16H20ClN5O2. The lowest BCUT2D eigenvalue weighted by atomic mass is 10.3. The summed E-state index contributed by atoms with van der Waals surface area (Å²) in [6.45, 7) is 4.02. The van der Waals surface area contributed by atoms with Gasteiger partial charge in [-0.05, 0) is 26.0 Å². The summed E-state index contributed by atoms with van der Waals surface area (Å²) < 4.78 is 1.58. The molecule has 1 aromatic heterocycles. The minimum atomic E-state index is -0.397. The molecule has 3 N–H and O–H groups in total. The van der Waals surface area contributed by atoms with Crippen LogP contribution in [0.5, 0.6) is 0 Å². The average molecular weight is 350 g/mol. The Morgan fingerprint density at radius 1 is 1.29 bits per heavy atom. The van der Waals surface area contributed by atoms with Crippen molar-refractivity contribution in [3.8, 4) is 5.69 Å². The van der Waals surface area contributed by atoms with Gasteiger partial charge >= 0.3 is 6.03 Å². The maximum atomic E-state index is 11.8. The van der Waals surface area contributed by atoms with Gasteiger partial charge in [-0.3, -0.25) is 4.79 Å². The van der Waals surface area contributed by atoms with Crippen molar-refractivity contribution in [3.63, 3.8) is 0 Å². The molecule has 0 aliphatic rings. The predicted molar refractivity (Wildman–Crippen MR) is 93.5 cm³/mol. The molecule has 0 aliphatic carbocycles. The number of nitrogens with one attached hydrogen (secondary N) is 3. The minimum Gasteiger partial charge on any atom is -0.354 e. The van der Waals surface area contributed by atoms with Crippen molar-refractivity contribution in [1.82, 2.24) is 20.4 Å². The quantitative estimate of drug-likeness (QED) is 0.748. The summed E-state index contributed by atoms with van der Waals surface area (Å²) in [6, 6.07) is 6.96. The van der Waals surface area contributed by atoms with Crippen LogP contribution in [-0.2, 0) is 4.79 Å². The van der Waals surface area contributed by atoms with Crippen molar-refractivity contribution >= 4 is 29.2 Å². The molecule has 1 aromatic carbocycles. The first-order chi connectivity index (χ1) is 11.5. The van der Waals surface area contributed by atoms with E-state index in [-0.39, 0.29) is 24.9 Å². The van der Waals surface area contributed by atoms with Gasteiger partial charge in [-0.25, -0.2) is 9.48 Å². The van der Waals surface area contributed by atoms with Crippen molar-refractivity contribution in [2.75, 3.05) is 11.9 Å². The zero-order valence-electron chi connectivity index (χ0n) is 13.5. The molecule has 128 valence electrons. The summed E-state index contributed by atoms with van der Waals surface area (Å²) in [7, 11) is 0. The molecule has 2 aromatic rings. The molecule has 0 saturated heterocycles. The zero-order valence-corrected chi connectivity index (χ0v) is 14.3. The second-order valence-corrected chi connectivity index (χ2v) is 5.89. The summed E-state index contributed by atoms with van der Waals surface area (Å²) >= 11 is 6.11. The van der Waals surface area contributed by atoms with E-state index in [1.807, 2.05) is 32.0 Å². The lowest BCUT2D eigenvalue weighted by Crippen LogP contribution is -2.35. The number of nitrogens with zero attached hydrogens (tertiary/aromatic N) is 2. The number of hydrogen-bond acceptors (Lipinski definition) is 3. The van der Waals surface area contributed by atoms with E-state index in [9.17, 15) is 9.59 Å². The highest BCUT2D eigenvalue weighted by Gasteiger charge is 2.08. The summed E-state index contributed by atoms with van der Waals surface area (Å²) in [5.41, 5.74) is 1.25. The molecule has 0 spiro atoms. The Morgan fingerprint density at radius 2 is 2.04 bits per heavy atom. The molecule has 1 heterocycles. The Morgan fingerprint density at radius 3 is 2.75 bits per heavy atom. The molecular weight excluding hydrogens is 330 g/mol. The highest BCUT2D eigenvalue weighted by Crippen LogP contribution is 2.20. The van der Waals surface area contributed by atoms with Crippen LogP contribution >= 0.6 is 11.6 Å². The van der Waals surface area contributed by atoms with Crippen LogP contribution in [0.15, 0.2) is 36.7 Å². The molecule has 24 heavy (non-hydrogen) atoms. The Kier molecular flexibility index (Phi) is 6.20. The first kappa shape index (κ1) is 17.8. The van der Waals surface area contributed by atoms with Gasteiger partial charge in [-0.2, -0.15) is 5.10 Å². The molecule has 0 atom stereocenters. The number of amides is 3. The lowest BCUT2D eigenvalue weighted by molar-refractivity contribution is -0.121. The van der Waals surface area contributed by atoms with Crippen molar-refractivity contribution < 1.29 is 9.59 Å². The molecule has 0 fully saturated rings. The van der Waals surface area contributed by atoms with Gasteiger partial charge in [0.15, 0.2) is 0 Å². The Bertz CT molecular complexity index is 714.